The largest absolute Gasteiger partial charge is 0.481 e. The molecule has 0 aliphatic carbocycles. The lowest BCUT2D eigenvalue weighted by Gasteiger charge is -2.08. The average molecular weight is 288 g/mol. The van der Waals surface area contributed by atoms with Crippen LogP contribution in [0.1, 0.15) is 16.1 Å². The number of amides is 1. The van der Waals surface area contributed by atoms with E-state index in [-0.39, 0.29) is 22.9 Å². The molecule has 0 saturated carbocycles. The summed E-state index contributed by atoms with van der Waals surface area (Å²) >= 11 is 0. The van der Waals surface area contributed by atoms with Gasteiger partial charge in [0.2, 0.25) is 5.88 Å². The molecule has 1 heterocycles. The third-order valence-electron chi connectivity index (χ3n) is 2.77. The van der Waals surface area contributed by atoms with Crippen molar-refractivity contribution in [1.29, 1.82) is 0 Å². The molecule has 0 aliphatic heterocycles. The second kappa shape index (κ2) is 5.95. The van der Waals surface area contributed by atoms with Gasteiger partial charge in [-0.2, -0.15) is 0 Å². The van der Waals surface area contributed by atoms with Crippen molar-refractivity contribution < 1.29 is 14.5 Å². The lowest BCUT2D eigenvalue weighted by molar-refractivity contribution is -0.383. The number of anilines is 1. The summed E-state index contributed by atoms with van der Waals surface area (Å²) in [7, 11) is 1.41. The maximum absolute atomic E-state index is 12.1. The summed E-state index contributed by atoms with van der Waals surface area (Å²) in [6, 6.07) is 5.89. The van der Waals surface area contributed by atoms with Gasteiger partial charge in [-0.15, -0.1) is 0 Å². The van der Waals surface area contributed by atoms with Gasteiger partial charge >= 0.3 is 0 Å². The monoisotopic (exact) mass is 288 g/mol. The molecule has 8 heteroatoms. The first-order valence-electron chi connectivity index (χ1n) is 5.94. The Kier molecular flexibility index (Phi) is 4.07. The number of aromatic nitrogens is 2. The number of hydrogen-bond acceptors (Lipinski definition) is 6. The zero-order valence-electron chi connectivity index (χ0n) is 11.4. The van der Waals surface area contributed by atoms with Gasteiger partial charge in [0.1, 0.15) is 17.7 Å². The number of carbonyl (C=O) groups excluding carboxylic acids is 1. The number of benzene rings is 1. The molecule has 8 nitrogen and oxygen atoms in total. The minimum absolute atomic E-state index is 0.0550. The quantitative estimate of drug-likeness (QED) is 0.680. The van der Waals surface area contributed by atoms with Crippen LogP contribution in [-0.4, -0.2) is 27.9 Å². The zero-order chi connectivity index (χ0) is 15.4. The molecule has 0 radical (unpaired) electrons. The Bertz CT molecular complexity index is 702. The summed E-state index contributed by atoms with van der Waals surface area (Å²) in [5.41, 5.74) is 0.604. The van der Waals surface area contributed by atoms with Crippen molar-refractivity contribution in [2.75, 3.05) is 12.4 Å². The highest BCUT2D eigenvalue weighted by molar-refractivity contribution is 6.04. The van der Waals surface area contributed by atoms with Crippen molar-refractivity contribution in [2.45, 2.75) is 6.92 Å². The van der Waals surface area contributed by atoms with Crippen LogP contribution in [0.5, 0.6) is 5.88 Å². The van der Waals surface area contributed by atoms with Crippen LogP contribution in [0.3, 0.4) is 0 Å². The van der Waals surface area contributed by atoms with Crippen molar-refractivity contribution in [3.8, 4) is 5.88 Å². The highest BCUT2D eigenvalue weighted by Gasteiger charge is 2.19. The van der Waals surface area contributed by atoms with Crippen molar-refractivity contribution in [3.05, 3.63) is 52.0 Å². The number of rotatable bonds is 4. The van der Waals surface area contributed by atoms with Gasteiger partial charge in [-0.3, -0.25) is 14.9 Å². The number of aryl methyl sites for hydroxylation is 1. The Balaban J connectivity index is 2.33. The van der Waals surface area contributed by atoms with E-state index >= 15 is 0 Å². The lowest BCUT2D eigenvalue weighted by atomic mass is 10.1. The van der Waals surface area contributed by atoms with Gasteiger partial charge in [-0.25, -0.2) is 9.97 Å². The third kappa shape index (κ3) is 3.11. The Morgan fingerprint density at radius 3 is 2.81 bits per heavy atom. The number of ether oxygens (including phenoxy) is 1. The molecular weight excluding hydrogens is 276 g/mol. The van der Waals surface area contributed by atoms with Crippen LogP contribution in [0.15, 0.2) is 30.6 Å². The number of para-hydroxylation sites is 1. The summed E-state index contributed by atoms with van der Waals surface area (Å²) in [5, 5.41) is 13.5. The topological polar surface area (TPSA) is 107 Å². The van der Waals surface area contributed by atoms with Gasteiger partial charge < -0.3 is 10.1 Å². The lowest BCUT2D eigenvalue weighted by Crippen LogP contribution is -2.16. The van der Waals surface area contributed by atoms with Crippen molar-refractivity contribution in [3.63, 3.8) is 0 Å². The van der Waals surface area contributed by atoms with Gasteiger partial charge in [0, 0.05) is 12.1 Å². The van der Waals surface area contributed by atoms with Crippen molar-refractivity contribution in [1.82, 2.24) is 9.97 Å². The molecule has 0 saturated heterocycles. The summed E-state index contributed by atoms with van der Waals surface area (Å²) in [4.78, 5) is 30.2. The maximum atomic E-state index is 12.1. The molecule has 1 N–H and O–H groups in total. The fourth-order valence-electron chi connectivity index (χ4n) is 1.72. The van der Waals surface area contributed by atoms with E-state index < -0.39 is 10.8 Å². The van der Waals surface area contributed by atoms with Crippen molar-refractivity contribution >= 4 is 17.3 Å². The van der Waals surface area contributed by atoms with Crippen LogP contribution in [0.4, 0.5) is 11.4 Å². The minimum Gasteiger partial charge on any atom is -0.481 e. The molecule has 1 amide bonds. The van der Waals surface area contributed by atoms with Crippen LogP contribution >= 0.6 is 0 Å². The number of hydrogen-bond donors (Lipinski definition) is 1. The first-order valence-corrected chi connectivity index (χ1v) is 5.94. The molecule has 1 aromatic carbocycles. The molecule has 0 fully saturated rings. The van der Waals surface area contributed by atoms with E-state index in [1.165, 1.54) is 25.6 Å². The van der Waals surface area contributed by atoms with Crippen LogP contribution < -0.4 is 10.1 Å². The van der Waals surface area contributed by atoms with E-state index in [0.29, 0.717) is 5.56 Å². The predicted molar refractivity (Wildman–Crippen MR) is 74.4 cm³/mol. The summed E-state index contributed by atoms with van der Waals surface area (Å²) < 4.78 is 4.90. The fraction of sp³-hybridized carbons (Fsp3) is 0.154. The normalized spacial score (nSPS) is 10.0. The molecule has 108 valence electrons. The summed E-state index contributed by atoms with van der Waals surface area (Å²) in [6.07, 6.45) is 1.18. The molecule has 2 aromatic rings. The number of nitro groups is 1. The fourth-order valence-corrected chi connectivity index (χ4v) is 1.72. The van der Waals surface area contributed by atoms with E-state index in [2.05, 4.69) is 15.3 Å². The second-order valence-corrected chi connectivity index (χ2v) is 4.13. The van der Waals surface area contributed by atoms with Crippen LogP contribution in [0.25, 0.3) is 0 Å². The number of carbonyl (C=O) groups is 1. The Hall–Kier alpha value is -3.03. The van der Waals surface area contributed by atoms with Gasteiger partial charge in [0.05, 0.1) is 12.0 Å². The van der Waals surface area contributed by atoms with E-state index in [4.69, 9.17) is 4.74 Å². The first-order chi connectivity index (χ1) is 10.0. The number of nitrogens with one attached hydrogen (secondary N) is 1. The second-order valence-electron chi connectivity index (χ2n) is 4.13. The van der Waals surface area contributed by atoms with Crippen LogP contribution in [-0.2, 0) is 0 Å². The summed E-state index contributed by atoms with van der Waals surface area (Å²) in [6.45, 7) is 1.67. The molecule has 0 bridgehead atoms. The van der Waals surface area contributed by atoms with Gasteiger partial charge in [-0.1, -0.05) is 12.1 Å². The molecule has 0 aliphatic rings. The molecule has 21 heavy (non-hydrogen) atoms. The van der Waals surface area contributed by atoms with Gasteiger partial charge in [0.15, 0.2) is 0 Å². The van der Waals surface area contributed by atoms with Gasteiger partial charge in [0.25, 0.3) is 11.6 Å². The van der Waals surface area contributed by atoms with Crippen LogP contribution in [0.2, 0.25) is 0 Å². The number of nitrogens with zero attached hydrogens (tertiary/aromatic N) is 3. The molecular formula is C13H12N4O4. The van der Waals surface area contributed by atoms with E-state index in [1.54, 1.807) is 19.1 Å². The van der Waals surface area contributed by atoms with E-state index in [1.807, 2.05) is 0 Å². The van der Waals surface area contributed by atoms with Gasteiger partial charge in [-0.05, 0) is 12.5 Å². The Labute approximate surface area is 120 Å². The summed E-state index contributed by atoms with van der Waals surface area (Å²) in [5.74, 6) is -0.345. The molecule has 0 spiro atoms. The minimum atomic E-state index is -0.576. The predicted octanol–water partition coefficient (Wildman–Crippen LogP) is 1.95. The maximum Gasteiger partial charge on any atom is 0.293 e. The molecule has 0 atom stereocenters. The molecule has 0 unspecified atom stereocenters. The SMILES string of the molecule is COc1cc(C(=O)Nc2c(C)cccc2[N+](=O)[O-])ncn1. The van der Waals surface area contributed by atoms with E-state index in [9.17, 15) is 14.9 Å². The third-order valence-corrected chi connectivity index (χ3v) is 2.77. The first kappa shape index (κ1) is 14.4. The number of nitro benzene ring substituents is 1. The Morgan fingerprint density at radius 2 is 2.14 bits per heavy atom. The van der Waals surface area contributed by atoms with E-state index in [0.717, 1.165) is 0 Å². The van der Waals surface area contributed by atoms with Crippen LogP contribution in [0, 0.1) is 17.0 Å². The standard InChI is InChI=1S/C13H12N4O4/c1-8-4-3-5-10(17(19)20)12(8)16-13(18)9-6-11(21-2)15-7-14-9/h3-7H,1-2H3,(H,16,18). The molecule has 2 rings (SSSR count). The Morgan fingerprint density at radius 1 is 1.38 bits per heavy atom. The smallest absolute Gasteiger partial charge is 0.293 e. The highest BCUT2D eigenvalue weighted by Crippen LogP contribution is 2.28. The highest BCUT2D eigenvalue weighted by atomic mass is 16.6. The average Bonchev–Trinajstić information content (AvgIpc) is 2.49. The van der Waals surface area contributed by atoms with Crippen molar-refractivity contribution in [2.24, 2.45) is 0 Å². The number of methoxy groups -OCH3 is 1. The molecule has 1 aromatic heterocycles. The zero-order valence-corrected chi connectivity index (χ0v) is 11.4.